The number of halogens is 3. The molecule has 0 spiro atoms. The maximum Gasteiger partial charge on any atom is 0.416 e. The molecule has 1 saturated heterocycles. The lowest BCUT2D eigenvalue weighted by Gasteiger charge is -2.30. The van der Waals surface area contributed by atoms with E-state index in [1.807, 2.05) is 16.8 Å². The Morgan fingerprint density at radius 1 is 1.03 bits per heavy atom. The van der Waals surface area contributed by atoms with Crippen LogP contribution in [-0.4, -0.2) is 31.8 Å². The van der Waals surface area contributed by atoms with Crippen LogP contribution >= 0.6 is 11.3 Å². The van der Waals surface area contributed by atoms with Crippen molar-refractivity contribution >= 4 is 38.8 Å². The van der Waals surface area contributed by atoms with Crippen LogP contribution < -0.4 is 10.6 Å². The highest BCUT2D eigenvalue weighted by molar-refractivity contribution is 7.89. The largest absolute Gasteiger partial charge is 0.416 e. The normalized spacial score (nSPS) is 14.6. The Morgan fingerprint density at radius 3 is 2.44 bits per heavy atom. The summed E-state index contributed by atoms with van der Waals surface area (Å²) >= 11 is 1.43. The summed E-state index contributed by atoms with van der Waals surface area (Å²) in [5.74, 6) is 0. The van der Waals surface area contributed by atoms with Crippen LogP contribution in [0, 0.1) is 0 Å². The second kappa shape index (κ2) is 8.57. The van der Waals surface area contributed by atoms with E-state index < -0.39 is 27.8 Å². The molecule has 32 heavy (non-hydrogen) atoms. The van der Waals surface area contributed by atoms with Crippen molar-refractivity contribution in [2.24, 2.45) is 0 Å². The highest BCUT2D eigenvalue weighted by Crippen LogP contribution is 2.34. The van der Waals surface area contributed by atoms with Crippen molar-refractivity contribution < 1.29 is 26.4 Å². The van der Waals surface area contributed by atoms with Gasteiger partial charge in [-0.05, 0) is 59.1 Å². The first-order valence-electron chi connectivity index (χ1n) is 9.57. The van der Waals surface area contributed by atoms with E-state index in [1.165, 1.54) is 39.9 Å². The molecule has 6 nitrogen and oxygen atoms in total. The number of nitrogens with one attached hydrogen (secondary N) is 2. The fraction of sp³-hybridized carbons (Fsp3) is 0.190. The van der Waals surface area contributed by atoms with Gasteiger partial charge in [-0.1, -0.05) is 12.1 Å². The summed E-state index contributed by atoms with van der Waals surface area (Å²) in [4.78, 5) is 12.6. The van der Waals surface area contributed by atoms with Crippen LogP contribution in [-0.2, 0) is 16.2 Å². The number of alkyl halides is 3. The molecule has 0 bridgehead atoms. The van der Waals surface area contributed by atoms with Crippen molar-refractivity contribution in [2.75, 3.05) is 23.7 Å². The number of carbonyl (C=O) groups is 1. The number of hydrogen-bond donors (Lipinski definition) is 2. The van der Waals surface area contributed by atoms with Crippen molar-refractivity contribution in [1.29, 1.82) is 0 Å². The van der Waals surface area contributed by atoms with Crippen LogP contribution in [0.25, 0.3) is 11.1 Å². The van der Waals surface area contributed by atoms with Crippen molar-refractivity contribution in [2.45, 2.75) is 17.5 Å². The van der Waals surface area contributed by atoms with Gasteiger partial charge in [-0.3, -0.25) is 0 Å². The smallest absolute Gasteiger partial charge is 0.308 e. The van der Waals surface area contributed by atoms with Gasteiger partial charge in [0.25, 0.3) is 0 Å². The van der Waals surface area contributed by atoms with E-state index in [9.17, 15) is 26.4 Å². The van der Waals surface area contributed by atoms with E-state index in [2.05, 4.69) is 10.6 Å². The number of nitrogens with zero attached hydrogens (tertiary/aromatic N) is 1. The predicted molar refractivity (Wildman–Crippen MR) is 117 cm³/mol. The Kier molecular flexibility index (Phi) is 5.97. The molecule has 2 amide bonds. The van der Waals surface area contributed by atoms with Gasteiger partial charge in [-0.25, -0.2) is 13.2 Å². The number of anilines is 2. The van der Waals surface area contributed by atoms with Crippen molar-refractivity contribution in [3.8, 4) is 11.1 Å². The summed E-state index contributed by atoms with van der Waals surface area (Å²) in [6.45, 7) is 0.876. The second-order valence-electron chi connectivity index (χ2n) is 7.13. The molecule has 0 unspecified atom stereocenters. The number of carbonyl (C=O) groups excluding carboxylic acids is 1. The first kappa shape index (κ1) is 22.3. The van der Waals surface area contributed by atoms with Gasteiger partial charge in [0.1, 0.15) is 0 Å². The Hall–Kier alpha value is -2.89. The topological polar surface area (TPSA) is 78.5 Å². The molecule has 1 fully saturated rings. The fourth-order valence-corrected chi connectivity index (χ4v) is 5.39. The molecule has 2 heterocycles. The van der Waals surface area contributed by atoms with Gasteiger partial charge in [0.15, 0.2) is 0 Å². The minimum absolute atomic E-state index is 0.0329. The third-order valence-corrected chi connectivity index (χ3v) is 7.55. The predicted octanol–water partition coefficient (Wildman–Crippen LogP) is 5.47. The monoisotopic (exact) mass is 481 g/mol. The van der Waals surface area contributed by atoms with Crippen LogP contribution in [0.1, 0.15) is 12.0 Å². The van der Waals surface area contributed by atoms with Crippen molar-refractivity contribution in [3.63, 3.8) is 0 Å². The van der Waals surface area contributed by atoms with Crippen molar-refractivity contribution in [1.82, 2.24) is 4.31 Å². The number of amides is 2. The SMILES string of the molecule is O=C(Nc1cccc(C(F)(F)F)c1)Nc1cc(S(=O)(=O)N2CCC2)ccc1-c1ccsc1. The maximum atomic E-state index is 12.9. The van der Waals surface area contributed by atoms with Gasteiger partial charge in [0.2, 0.25) is 10.0 Å². The number of urea groups is 1. The Morgan fingerprint density at radius 2 is 1.81 bits per heavy atom. The summed E-state index contributed by atoms with van der Waals surface area (Å²) in [5, 5.41) is 8.64. The lowest BCUT2D eigenvalue weighted by Crippen LogP contribution is -2.41. The molecule has 0 saturated carbocycles. The molecule has 0 atom stereocenters. The molecule has 2 aromatic carbocycles. The molecule has 0 aliphatic carbocycles. The third-order valence-electron chi connectivity index (χ3n) is 4.97. The van der Waals surface area contributed by atoms with E-state index in [1.54, 1.807) is 6.07 Å². The lowest BCUT2D eigenvalue weighted by atomic mass is 10.1. The Bertz CT molecular complexity index is 1240. The molecule has 3 aromatic rings. The maximum absolute atomic E-state index is 12.9. The van der Waals surface area contributed by atoms with Crippen LogP contribution in [0.4, 0.5) is 29.3 Å². The van der Waals surface area contributed by atoms with E-state index in [-0.39, 0.29) is 16.3 Å². The van der Waals surface area contributed by atoms with Crippen LogP contribution in [0.2, 0.25) is 0 Å². The average molecular weight is 482 g/mol. The van der Waals surface area contributed by atoms with Crippen LogP contribution in [0.3, 0.4) is 0 Å². The third kappa shape index (κ3) is 4.64. The Balaban J connectivity index is 1.62. The van der Waals surface area contributed by atoms with Gasteiger partial charge in [-0.15, -0.1) is 0 Å². The fourth-order valence-electron chi connectivity index (χ4n) is 3.19. The molecular weight excluding hydrogens is 463 g/mol. The molecule has 4 rings (SSSR count). The summed E-state index contributed by atoms with van der Waals surface area (Å²) in [6, 6.07) is 9.73. The standard InChI is InChI=1S/C21H18F3N3O3S2/c22-21(23,24)15-3-1-4-16(11-15)25-20(28)26-19-12-17(32(29,30)27-8-2-9-27)5-6-18(19)14-7-10-31-13-14/h1,3-7,10-13H,2,8-9H2,(H2,25,26,28). The second-order valence-corrected chi connectivity index (χ2v) is 9.85. The zero-order chi connectivity index (χ0) is 22.9. The van der Waals surface area contributed by atoms with E-state index in [0.717, 1.165) is 24.1 Å². The molecule has 1 aromatic heterocycles. The number of sulfonamides is 1. The van der Waals surface area contributed by atoms with Gasteiger partial charge in [0.05, 0.1) is 16.1 Å². The highest BCUT2D eigenvalue weighted by Gasteiger charge is 2.31. The lowest BCUT2D eigenvalue weighted by molar-refractivity contribution is -0.137. The van der Waals surface area contributed by atoms with Gasteiger partial charge >= 0.3 is 12.2 Å². The summed E-state index contributed by atoms with van der Waals surface area (Å²) in [6.07, 6.45) is -3.75. The van der Waals surface area contributed by atoms with Crippen molar-refractivity contribution in [3.05, 3.63) is 64.9 Å². The first-order valence-corrected chi connectivity index (χ1v) is 11.9. The highest BCUT2D eigenvalue weighted by atomic mass is 32.2. The number of benzene rings is 2. The molecule has 0 radical (unpaired) electrons. The molecular formula is C21H18F3N3O3S2. The summed E-state index contributed by atoms with van der Waals surface area (Å²) in [7, 11) is -3.69. The number of rotatable bonds is 5. The summed E-state index contributed by atoms with van der Waals surface area (Å²) in [5.41, 5.74) is 0.662. The van der Waals surface area contributed by atoms with Crippen LogP contribution in [0.15, 0.2) is 64.2 Å². The van der Waals surface area contributed by atoms with Gasteiger partial charge < -0.3 is 10.6 Å². The number of hydrogen-bond acceptors (Lipinski definition) is 4. The zero-order valence-electron chi connectivity index (χ0n) is 16.5. The van der Waals surface area contributed by atoms with E-state index >= 15 is 0 Å². The molecule has 168 valence electrons. The minimum Gasteiger partial charge on any atom is -0.308 e. The minimum atomic E-state index is -4.54. The molecule has 11 heteroatoms. The van der Waals surface area contributed by atoms with Crippen LogP contribution in [0.5, 0.6) is 0 Å². The van der Waals surface area contributed by atoms with E-state index in [0.29, 0.717) is 18.7 Å². The first-order chi connectivity index (χ1) is 15.1. The van der Waals surface area contributed by atoms with Gasteiger partial charge in [0, 0.05) is 24.3 Å². The zero-order valence-corrected chi connectivity index (χ0v) is 18.2. The van der Waals surface area contributed by atoms with Gasteiger partial charge in [-0.2, -0.15) is 28.8 Å². The quantitative estimate of drug-likeness (QED) is 0.507. The molecule has 2 N–H and O–H groups in total. The Labute approximate surface area is 186 Å². The summed E-state index contributed by atoms with van der Waals surface area (Å²) < 4.78 is 65.7. The number of thiophene rings is 1. The van der Waals surface area contributed by atoms with E-state index in [4.69, 9.17) is 0 Å². The molecule has 1 aliphatic rings. The average Bonchev–Trinajstić information content (AvgIpc) is 3.20. The molecule has 1 aliphatic heterocycles.